The molecule has 178 valence electrons. The molecule has 3 rings (SSSR count). The Morgan fingerprint density at radius 1 is 0.939 bits per heavy atom. The molecule has 1 heterocycles. The first-order valence-corrected chi connectivity index (χ1v) is 11.8. The summed E-state index contributed by atoms with van der Waals surface area (Å²) in [5.74, 6) is 0.735. The number of urea groups is 1. The molecule has 2 aromatic rings. The van der Waals surface area contributed by atoms with Gasteiger partial charge in [0.05, 0.1) is 13.2 Å². The fraction of sp³-hybridized carbons (Fsp3) is 0.462. The molecule has 0 saturated carbocycles. The van der Waals surface area contributed by atoms with Gasteiger partial charge >= 0.3 is 6.03 Å². The zero-order valence-electron chi connectivity index (χ0n) is 19.9. The molecule has 1 atom stereocenters. The predicted molar refractivity (Wildman–Crippen MR) is 130 cm³/mol. The molecular formula is C26H36N4O3. The summed E-state index contributed by atoms with van der Waals surface area (Å²) in [5, 5.41) is 8.73. The Labute approximate surface area is 196 Å². The number of hydrogen-bond donors (Lipinski definition) is 3. The summed E-state index contributed by atoms with van der Waals surface area (Å²) in [4.78, 5) is 27.0. The van der Waals surface area contributed by atoms with Crippen molar-refractivity contribution >= 4 is 11.9 Å². The van der Waals surface area contributed by atoms with Gasteiger partial charge in [-0.15, -0.1) is 0 Å². The van der Waals surface area contributed by atoms with Crippen LogP contribution in [0, 0.1) is 0 Å². The van der Waals surface area contributed by atoms with Crippen molar-refractivity contribution in [1.29, 1.82) is 0 Å². The first-order valence-electron chi connectivity index (χ1n) is 11.8. The van der Waals surface area contributed by atoms with Crippen LogP contribution in [0.1, 0.15) is 60.6 Å². The van der Waals surface area contributed by atoms with E-state index < -0.39 is 0 Å². The van der Waals surface area contributed by atoms with E-state index in [1.807, 2.05) is 38.1 Å². The van der Waals surface area contributed by atoms with Crippen molar-refractivity contribution in [1.82, 2.24) is 20.9 Å². The van der Waals surface area contributed by atoms with E-state index in [0.717, 1.165) is 24.4 Å². The van der Waals surface area contributed by atoms with E-state index in [0.29, 0.717) is 18.7 Å². The lowest BCUT2D eigenvalue weighted by Gasteiger charge is -2.35. The van der Waals surface area contributed by atoms with Crippen molar-refractivity contribution < 1.29 is 14.3 Å². The quantitative estimate of drug-likeness (QED) is 0.540. The summed E-state index contributed by atoms with van der Waals surface area (Å²) in [6, 6.07) is 15.5. The average molecular weight is 453 g/mol. The molecular weight excluding hydrogens is 416 g/mol. The van der Waals surface area contributed by atoms with Gasteiger partial charge in [0.25, 0.3) is 5.91 Å². The van der Waals surface area contributed by atoms with Crippen LogP contribution >= 0.6 is 0 Å². The van der Waals surface area contributed by atoms with Crippen LogP contribution in [-0.4, -0.2) is 49.6 Å². The summed E-state index contributed by atoms with van der Waals surface area (Å²) in [7, 11) is 1.67. The highest BCUT2D eigenvalue weighted by Crippen LogP contribution is 2.26. The van der Waals surface area contributed by atoms with Crippen molar-refractivity contribution in [3.05, 3.63) is 65.2 Å². The first kappa shape index (κ1) is 24.6. The molecule has 1 aliphatic heterocycles. The Kier molecular flexibility index (Phi) is 9.13. The summed E-state index contributed by atoms with van der Waals surface area (Å²) in [5.41, 5.74) is 2.73. The molecule has 0 aromatic heterocycles. The molecule has 0 spiro atoms. The Morgan fingerprint density at radius 3 is 2.21 bits per heavy atom. The van der Waals surface area contributed by atoms with Gasteiger partial charge in [-0.25, -0.2) is 4.79 Å². The molecule has 0 bridgehead atoms. The van der Waals surface area contributed by atoms with Crippen LogP contribution in [0.5, 0.6) is 5.75 Å². The van der Waals surface area contributed by atoms with Gasteiger partial charge in [0.15, 0.2) is 0 Å². The SMILES string of the molecule is COc1ccc(C(CNC(=O)c2ccc(CNC(=O)NC(C)C)cc2)N2CCCCC2)cc1. The van der Waals surface area contributed by atoms with Crippen LogP contribution in [0.15, 0.2) is 48.5 Å². The Balaban J connectivity index is 1.59. The van der Waals surface area contributed by atoms with Gasteiger partial charge in [0.1, 0.15) is 5.75 Å². The Hall–Kier alpha value is -3.06. The number of carbonyl (C=O) groups is 2. The normalized spacial score (nSPS) is 15.0. The molecule has 2 aromatic carbocycles. The molecule has 3 N–H and O–H groups in total. The number of piperidine rings is 1. The van der Waals surface area contributed by atoms with Crippen LogP contribution in [0.4, 0.5) is 4.79 Å². The van der Waals surface area contributed by atoms with Gasteiger partial charge in [-0.05, 0) is 75.2 Å². The van der Waals surface area contributed by atoms with E-state index in [4.69, 9.17) is 4.74 Å². The third-order valence-electron chi connectivity index (χ3n) is 5.88. The number of nitrogens with one attached hydrogen (secondary N) is 3. The number of benzene rings is 2. The third-order valence-corrected chi connectivity index (χ3v) is 5.88. The largest absolute Gasteiger partial charge is 0.497 e. The predicted octanol–water partition coefficient (Wildman–Crippen LogP) is 3.86. The summed E-state index contributed by atoms with van der Waals surface area (Å²) in [6.07, 6.45) is 3.63. The number of methoxy groups -OCH3 is 1. The van der Waals surface area contributed by atoms with Gasteiger partial charge < -0.3 is 20.7 Å². The highest BCUT2D eigenvalue weighted by molar-refractivity contribution is 5.94. The number of rotatable bonds is 9. The van der Waals surface area contributed by atoms with E-state index in [-0.39, 0.29) is 24.0 Å². The lowest BCUT2D eigenvalue weighted by molar-refractivity contribution is 0.0924. The number of amides is 3. The zero-order valence-corrected chi connectivity index (χ0v) is 19.9. The molecule has 7 heteroatoms. The summed E-state index contributed by atoms with van der Waals surface area (Å²) >= 11 is 0. The summed E-state index contributed by atoms with van der Waals surface area (Å²) in [6.45, 7) is 6.87. The van der Waals surface area contributed by atoms with Crippen molar-refractivity contribution in [2.24, 2.45) is 0 Å². The molecule has 1 fully saturated rings. The van der Waals surface area contributed by atoms with Crippen LogP contribution in [0.2, 0.25) is 0 Å². The lowest BCUT2D eigenvalue weighted by atomic mass is 10.0. The molecule has 1 saturated heterocycles. The van der Waals surface area contributed by atoms with Gasteiger partial charge in [-0.2, -0.15) is 0 Å². The number of nitrogens with zero attached hydrogens (tertiary/aromatic N) is 1. The van der Waals surface area contributed by atoms with Crippen molar-refractivity contribution in [2.45, 2.75) is 51.7 Å². The zero-order chi connectivity index (χ0) is 23.6. The maximum atomic E-state index is 12.8. The van der Waals surface area contributed by atoms with E-state index in [9.17, 15) is 9.59 Å². The minimum Gasteiger partial charge on any atom is -0.497 e. The van der Waals surface area contributed by atoms with Gasteiger partial charge in [-0.3, -0.25) is 9.69 Å². The monoisotopic (exact) mass is 452 g/mol. The molecule has 0 radical (unpaired) electrons. The van der Waals surface area contributed by atoms with E-state index >= 15 is 0 Å². The van der Waals surface area contributed by atoms with E-state index in [1.54, 1.807) is 19.2 Å². The van der Waals surface area contributed by atoms with E-state index in [2.05, 4.69) is 33.0 Å². The highest BCUT2D eigenvalue weighted by atomic mass is 16.5. The summed E-state index contributed by atoms with van der Waals surface area (Å²) < 4.78 is 5.30. The standard InChI is InChI=1S/C26H36N4O3/c1-19(2)29-26(32)28-17-20-7-9-22(10-8-20)25(31)27-18-24(30-15-5-4-6-16-30)21-11-13-23(33-3)14-12-21/h7-14,19,24H,4-6,15-18H2,1-3H3,(H,27,31)(H2,28,29,32). The van der Waals surface area contributed by atoms with Crippen LogP contribution < -0.4 is 20.7 Å². The second kappa shape index (κ2) is 12.3. The van der Waals surface area contributed by atoms with Gasteiger partial charge in [-0.1, -0.05) is 30.7 Å². The molecule has 1 unspecified atom stereocenters. The fourth-order valence-corrected chi connectivity index (χ4v) is 4.07. The second-order valence-electron chi connectivity index (χ2n) is 8.77. The van der Waals surface area contributed by atoms with E-state index in [1.165, 1.54) is 24.8 Å². The Bertz CT molecular complexity index is 891. The minimum atomic E-state index is -0.200. The average Bonchev–Trinajstić information content (AvgIpc) is 2.83. The smallest absolute Gasteiger partial charge is 0.315 e. The maximum Gasteiger partial charge on any atom is 0.315 e. The molecule has 3 amide bonds. The molecule has 0 aliphatic carbocycles. The fourth-order valence-electron chi connectivity index (χ4n) is 4.07. The van der Waals surface area contributed by atoms with Crippen molar-refractivity contribution in [3.63, 3.8) is 0 Å². The molecule has 33 heavy (non-hydrogen) atoms. The van der Waals surface area contributed by atoms with Crippen LogP contribution in [0.25, 0.3) is 0 Å². The van der Waals surface area contributed by atoms with Crippen LogP contribution in [-0.2, 0) is 6.54 Å². The number of carbonyl (C=O) groups excluding carboxylic acids is 2. The first-order chi connectivity index (χ1) is 16.0. The molecule has 7 nitrogen and oxygen atoms in total. The highest BCUT2D eigenvalue weighted by Gasteiger charge is 2.23. The maximum absolute atomic E-state index is 12.8. The Morgan fingerprint density at radius 2 is 1.61 bits per heavy atom. The minimum absolute atomic E-state index is 0.0859. The van der Waals surface area contributed by atoms with Gasteiger partial charge in [0, 0.05) is 24.7 Å². The van der Waals surface area contributed by atoms with Crippen LogP contribution in [0.3, 0.4) is 0 Å². The van der Waals surface area contributed by atoms with Gasteiger partial charge in [0.2, 0.25) is 0 Å². The third kappa shape index (κ3) is 7.49. The lowest BCUT2D eigenvalue weighted by Crippen LogP contribution is -2.40. The van der Waals surface area contributed by atoms with Crippen molar-refractivity contribution in [3.8, 4) is 5.75 Å². The number of likely N-dealkylation sites (tertiary alicyclic amines) is 1. The number of hydrogen-bond acceptors (Lipinski definition) is 4. The van der Waals surface area contributed by atoms with Crippen molar-refractivity contribution in [2.75, 3.05) is 26.7 Å². The number of ether oxygens (including phenoxy) is 1. The second-order valence-corrected chi connectivity index (χ2v) is 8.77. The topological polar surface area (TPSA) is 82.7 Å². The molecule has 1 aliphatic rings.